The summed E-state index contributed by atoms with van der Waals surface area (Å²) in [5.74, 6) is -0.245. The second-order valence-corrected chi connectivity index (χ2v) is 7.38. The second kappa shape index (κ2) is 10.0. The minimum atomic E-state index is -0.135. The van der Waals surface area contributed by atoms with Crippen LogP contribution >= 0.6 is 11.3 Å². The van der Waals surface area contributed by atoms with Crippen molar-refractivity contribution in [2.24, 2.45) is 0 Å². The number of hydrogen-bond acceptors (Lipinski definition) is 4. The number of amides is 1. The average molecular weight is 421 g/mol. The molecular formula is C17H26N6NiOS. The van der Waals surface area contributed by atoms with Crippen molar-refractivity contribution in [2.75, 3.05) is 20.1 Å². The van der Waals surface area contributed by atoms with E-state index in [2.05, 4.69) is 10.3 Å². The van der Waals surface area contributed by atoms with Gasteiger partial charge in [0.15, 0.2) is 5.01 Å². The van der Waals surface area contributed by atoms with Gasteiger partial charge in [0.05, 0.1) is 10.6 Å². The minimum Gasteiger partial charge on any atom is -0.680 e. The first-order valence-corrected chi connectivity index (χ1v) is 9.34. The molecule has 7 nitrogen and oxygen atoms in total. The SMILES string of the molecule is CC(C)NC(=O)c1nc2c(s1)C1=C(CCC2)CCN(C(=N)[NH-])C1.C[NH-].[Ni+2]. The van der Waals surface area contributed by atoms with Crippen LogP contribution in [0.2, 0.25) is 0 Å². The number of hydrogen-bond donors (Lipinski definition) is 2. The number of rotatable bonds is 2. The zero-order valence-corrected chi connectivity index (χ0v) is 17.2. The first kappa shape index (κ1) is 22.6. The normalized spacial score (nSPS) is 15.8. The molecule has 4 N–H and O–H groups in total. The fourth-order valence-corrected chi connectivity index (χ4v) is 4.25. The number of thiazole rings is 1. The van der Waals surface area contributed by atoms with E-state index < -0.39 is 0 Å². The smallest absolute Gasteiger partial charge is 0.680 e. The van der Waals surface area contributed by atoms with Crippen molar-refractivity contribution in [2.45, 2.75) is 45.6 Å². The molecule has 0 bridgehead atoms. The van der Waals surface area contributed by atoms with Crippen molar-refractivity contribution >= 4 is 28.8 Å². The first-order valence-electron chi connectivity index (χ1n) is 8.52. The Labute approximate surface area is 169 Å². The van der Waals surface area contributed by atoms with E-state index in [9.17, 15) is 4.79 Å². The van der Waals surface area contributed by atoms with E-state index >= 15 is 0 Å². The fourth-order valence-electron chi connectivity index (χ4n) is 3.15. The number of carbonyl (C=O) groups is 1. The third-order valence-corrected chi connectivity index (χ3v) is 5.41. The van der Waals surface area contributed by atoms with Gasteiger partial charge in [0.2, 0.25) is 0 Å². The molecule has 0 saturated heterocycles. The van der Waals surface area contributed by atoms with Gasteiger partial charge >= 0.3 is 16.5 Å². The quantitative estimate of drug-likeness (QED) is 0.431. The molecule has 1 aromatic heterocycles. The Morgan fingerprint density at radius 3 is 2.62 bits per heavy atom. The van der Waals surface area contributed by atoms with Gasteiger partial charge in [-0.15, -0.1) is 11.3 Å². The van der Waals surface area contributed by atoms with E-state index in [1.54, 1.807) is 4.90 Å². The van der Waals surface area contributed by atoms with Crippen LogP contribution in [0, 0.1) is 5.41 Å². The van der Waals surface area contributed by atoms with Crippen molar-refractivity contribution in [3.8, 4) is 0 Å². The largest absolute Gasteiger partial charge is 2.00 e. The van der Waals surface area contributed by atoms with Gasteiger partial charge in [-0.3, -0.25) is 4.79 Å². The predicted octanol–water partition coefficient (Wildman–Crippen LogP) is 3.73. The summed E-state index contributed by atoms with van der Waals surface area (Å²) in [6, 6.07) is 0.0925. The second-order valence-electron chi connectivity index (χ2n) is 6.38. The summed E-state index contributed by atoms with van der Waals surface area (Å²) in [6.07, 6.45) is 3.91. The Hall–Kier alpha value is -1.44. The van der Waals surface area contributed by atoms with Crippen molar-refractivity contribution in [3.63, 3.8) is 0 Å². The van der Waals surface area contributed by atoms with Gasteiger partial charge in [-0.2, -0.15) is 7.05 Å². The van der Waals surface area contributed by atoms with Crippen molar-refractivity contribution < 1.29 is 21.3 Å². The zero-order chi connectivity index (χ0) is 18.6. The molecule has 1 aliphatic heterocycles. The predicted molar refractivity (Wildman–Crippen MR) is 103 cm³/mol. The van der Waals surface area contributed by atoms with Crippen molar-refractivity contribution in [1.29, 1.82) is 5.41 Å². The number of fused-ring (bicyclic) bond motifs is 2. The molecule has 0 aromatic carbocycles. The van der Waals surface area contributed by atoms with E-state index in [1.165, 1.54) is 29.5 Å². The first-order chi connectivity index (χ1) is 12.0. The Bertz CT molecular complexity index is 685. The minimum absolute atomic E-state index is 0. The zero-order valence-electron chi connectivity index (χ0n) is 15.3. The molecule has 1 amide bonds. The molecule has 1 aromatic rings. The third kappa shape index (κ3) is 5.05. The topological polar surface area (TPSA) is 117 Å². The maximum atomic E-state index is 12.2. The molecule has 26 heavy (non-hydrogen) atoms. The monoisotopic (exact) mass is 420 g/mol. The molecule has 3 rings (SSSR count). The Kier molecular flexibility index (Phi) is 8.73. The molecule has 2 heterocycles. The number of aryl methyl sites for hydroxylation is 1. The van der Waals surface area contributed by atoms with Gasteiger partial charge in [-0.25, -0.2) is 4.98 Å². The standard InChI is InChI=1S/C16H23N5OS.CH4N.Ni/c1-9(2)19-14(22)15-20-12-5-3-4-10-6-7-21(16(17)18)8-11(10)13(12)23-15;1-2;/h9H,3-8H2,1-2H3,(H4,17,18,19,22);2H,1H3;/q;-1;+2/p-1. The number of nitrogens with zero attached hydrogens (tertiary/aromatic N) is 2. The maximum absolute atomic E-state index is 12.2. The van der Waals surface area contributed by atoms with Gasteiger partial charge in [0, 0.05) is 18.5 Å². The van der Waals surface area contributed by atoms with Crippen LogP contribution in [0.4, 0.5) is 0 Å². The molecule has 2 aliphatic rings. The van der Waals surface area contributed by atoms with E-state index in [4.69, 9.17) is 16.9 Å². The number of guanidine groups is 1. The maximum Gasteiger partial charge on any atom is 2.00 e. The Morgan fingerprint density at radius 1 is 1.31 bits per heavy atom. The summed E-state index contributed by atoms with van der Waals surface area (Å²) < 4.78 is 0. The van der Waals surface area contributed by atoms with Crippen LogP contribution in [0.15, 0.2) is 5.57 Å². The summed E-state index contributed by atoms with van der Waals surface area (Å²) >= 11 is 1.46. The molecule has 9 heteroatoms. The van der Waals surface area contributed by atoms with Gasteiger partial charge in [-0.05, 0) is 51.6 Å². The molecular weight excluding hydrogens is 395 g/mol. The summed E-state index contributed by atoms with van der Waals surface area (Å²) in [5.41, 5.74) is 16.9. The van der Waals surface area contributed by atoms with Crippen LogP contribution in [0.5, 0.6) is 0 Å². The molecule has 146 valence electrons. The number of carbonyl (C=O) groups excluding carboxylic acids is 1. The van der Waals surface area contributed by atoms with Crippen LogP contribution < -0.4 is 5.32 Å². The molecule has 0 saturated carbocycles. The van der Waals surface area contributed by atoms with Gasteiger partial charge in [0.1, 0.15) is 0 Å². The van der Waals surface area contributed by atoms with Crippen molar-refractivity contribution in [3.05, 3.63) is 32.6 Å². The van der Waals surface area contributed by atoms with E-state index in [0.29, 0.717) is 11.6 Å². The van der Waals surface area contributed by atoms with Crippen LogP contribution in [0.3, 0.4) is 0 Å². The van der Waals surface area contributed by atoms with Crippen LogP contribution in [-0.2, 0) is 22.9 Å². The average Bonchev–Trinajstić information content (AvgIpc) is 2.93. The fraction of sp³-hybridized carbons (Fsp3) is 0.588. The van der Waals surface area contributed by atoms with E-state index in [0.717, 1.165) is 42.8 Å². The van der Waals surface area contributed by atoms with Crippen LogP contribution in [0.25, 0.3) is 17.0 Å². The van der Waals surface area contributed by atoms with Gasteiger partial charge in [0.25, 0.3) is 5.91 Å². The molecule has 0 spiro atoms. The van der Waals surface area contributed by atoms with Crippen molar-refractivity contribution in [1.82, 2.24) is 15.2 Å². The third-order valence-electron chi connectivity index (χ3n) is 4.25. The Morgan fingerprint density at radius 2 is 2.00 bits per heavy atom. The summed E-state index contributed by atoms with van der Waals surface area (Å²) in [6.45, 7) is 5.22. The van der Waals surface area contributed by atoms with Gasteiger partial charge < -0.3 is 27.1 Å². The summed E-state index contributed by atoms with van der Waals surface area (Å²) in [5, 5.41) is 11.0. The van der Waals surface area contributed by atoms with E-state index in [-0.39, 0.29) is 34.4 Å². The number of aromatic nitrogens is 1. The van der Waals surface area contributed by atoms with Crippen LogP contribution in [-0.4, -0.2) is 47.9 Å². The molecule has 0 fully saturated rings. The Balaban J connectivity index is 0.00000109. The van der Waals surface area contributed by atoms with Gasteiger partial charge in [-0.1, -0.05) is 5.57 Å². The molecule has 0 atom stereocenters. The van der Waals surface area contributed by atoms with Crippen LogP contribution in [0.1, 0.15) is 53.5 Å². The molecule has 0 unspecified atom stereocenters. The summed E-state index contributed by atoms with van der Waals surface area (Å²) in [7, 11) is 1.25. The molecule has 1 aliphatic carbocycles. The van der Waals surface area contributed by atoms with E-state index in [1.807, 2.05) is 13.8 Å². The summed E-state index contributed by atoms with van der Waals surface area (Å²) in [4.78, 5) is 19.7. The molecule has 0 radical (unpaired) electrons. The number of nitrogens with one attached hydrogen (secondary N) is 4.